The van der Waals surface area contributed by atoms with Gasteiger partial charge in [-0.2, -0.15) is 0 Å². The number of carboxylic acids is 1. The maximum Gasteiger partial charge on any atom is 0.335 e. The highest BCUT2D eigenvalue weighted by molar-refractivity contribution is 6.03. The highest BCUT2D eigenvalue weighted by atomic mass is 16.7. The van der Waals surface area contributed by atoms with Crippen LogP contribution < -0.4 is 14.2 Å². The Kier molecular flexibility index (Phi) is 6.13. The number of rotatable bonds is 8. The molecule has 0 amide bonds. The molecule has 1 atom stereocenters. The molecule has 2 aromatic carbocycles. The van der Waals surface area contributed by atoms with Crippen LogP contribution >= 0.6 is 0 Å². The van der Waals surface area contributed by atoms with Crippen molar-refractivity contribution in [1.29, 1.82) is 0 Å². The average Bonchev–Trinajstić information content (AvgIpc) is 2.70. The van der Waals surface area contributed by atoms with Gasteiger partial charge in [0.15, 0.2) is 19.4 Å². The first kappa shape index (κ1) is 19.7. The van der Waals surface area contributed by atoms with Crippen molar-refractivity contribution >= 4 is 11.8 Å². The van der Waals surface area contributed by atoms with Crippen molar-refractivity contribution in [1.82, 2.24) is 0 Å². The minimum atomic E-state index is -1.05. The summed E-state index contributed by atoms with van der Waals surface area (Å²) in [4.78, 5) is 24.0. The van der Waals surface area contributed by atoms with Crippen LogP contribution in [0.5, 0.6) is 17.2 Å². The molecule has 1 aliphatic heterocycles. The van der Waals surface area contributed by atoms with Crippen LogP contribution in [-0.2, 0) is 9.47 Å². The van der Waals surface area contributed by atoms with Gasteiger partial charge in [0, 0.05) is 26.4 Å². The molecule has 2 aromatic rings. The van der Waals surface area contributed by atoms with Gasteiger partial charge in [0.1, 0.15) is 28.9 Å². The van der Waals surface area contributed by atoms with E-state index in [9.17, 15) is 14.7 Å². The molecule has 148 valence electrons. The first-order valence-electron chi connectivity index (χ1n) is 8.48. The summed E-state index contributed by atoms with van der Waals surface area (Å²) >= 11 is 0. The summed E-state index contributed by atoms with van der Waals surface area (Å²) in [7, 11) is 2.97. The van der Waals surface area contributed by atoms with Crippen LogP contribution in [-0.4, -0.2) is 44.7 Å². The Hall–Kier alpha value is -3.10. The number of carbonyl (C=O) groups is 2. The third kappa shape index (κ3) is 4.24. The molecule has 8 nitrogen and oxygen atoms in total. The molecule has 0 fully saturated rings. The first-order chi connectivity index (χ1) is 13.5. The summed E-state index contributed by atoms with van der Waals surface area (Å²) in [5, 5.41) is 9.19. The lowest BCUT2D eigenvalue weighted by Crippen LogP contribution is -2.22. The molecule has 0 saturated carbocycles. The van der Waals surface area contributed by atoms with Gasteiger partial charge >= 0.3 is 5.97 Å². The van der Waals surface area contributed by atoms with E-state index in [2.05, 4.69) is 0 Å². The Morgan fingerprint density at radius 2 is 1.89 bits per heavy atom. The number of hydrogen-bond donors (Lipinski definition) is 1. The summed E-state index contributed by atoms with van der Waals surface area (Å²) in [5.41, 5.74) is 1.02. The van der Waals surface area contributed by atoms with Crippen molar-refractivity contribution in [2.45, 2.75) is 12.5 Å². The fourth-order valence-corrected chi connectivity index (χ4v) is 2.90. The molecule has 0 saturated heterocycles. The molecule has 1 heterocycles. The van der Waals surface area contributed by atoms with Crippen molar-refractivity contribution in [3.8, 4) is 17.2 Å². The predicted octanol–water partition coefficient (Wildman–Crippen LogP) is 3.06. The van der Waals surface area contributed by atoms with Crippen molar-refractivity contribution in [2.75, 3.05) is 27.8 Å². The highest BCUT2D eigenvalue weighted by Gasteiger charge is 2.32. The second-order valence-electron chi connectivity index (χ2n) is 6.06. The molecule has 8 heteroatoms. The summed E-state index contributed by atoms with van der Waals surface area (Å²) in [6, 6.07) is 9.48. The molecule has 0 aromatic heterocycles. The molecule has 0 bridgehead atoms. The summed E-state index contributed by atoms with van der Waals surface area (Å²) < 4.78 is 26.8. The lowest BCUT2D eigenvalue weighted by atomic mass is 9.94. The van der Waals surface area contributed by atoms with Crippen LogP contribution in [0.4, 0.5) is 0 Å². The molecule has 0 aliphatic carbocycles. The Morgan fingerprint density at radius 1 is 1.14 bits per heavy atom. The van der Waals surface area contributed by atoms with E-state index in [1.165, 1.54) is 26.4 Å². The summed E-state index contributed by atoms with van der Waals surface area (Å²) in [5.74, 6) is -0.249. The van der Waals surface area contributed by atoms with Gasteiger partial charge in [-0.15, -0.1) is 0 Å². The zero-order chi connectivity index (χ0) is 20.1. The number of hydrogen-bond acceptors (Lipinski definition) is 7. The van der Waals surface area contributed by atoms with Crippen LogP contribution in [0.25, 0.3) is 0 Å². The van der Waals surface area contributed by atoms with Crippen molar-refractivity contribution < 1.29 is 38.4 Å². The second-order valence-corrected chi connectivity index (χ2v) is 6.06. The van der Waals surface area contributed by atoms with Gasteiger partial charge in [-0.05, 0) is 17.7 Å². The highest BCUT2D eigenvalue weighted by Crippen LogP contribution is 2.42. The van der Waals surface area contributed by atoms with E-state index in [-0.39, 0.29) is 37.1 Å². The standard InChI is InChI=1S/C20H20O8/c1-24-10-26-14-7-17(27-11-25-2)19-15(21)9-16(28-18(19)8-14)12-4-3-5-13(6-12)20(22)23/h3-8,16H,9-11H2,1-2H3,(H,22,23). The Labute approximate surface area is 161 Å². The fourth-order valence-electron chi connectivity index (χ4n) is 2.90. The number of methoxy groups -OCH3 is 2. The fraction of sp³-hybridized carbons (Fsp3) is 0.300. The van der Waals surface area contributed by atoms with Crippen molar-refractivity contribution in [2.24, 2.45) is 0 Å². The number of Topliss-reactive ketones (excluding diaryl/α,β-unsaturated/α-hetero) is 1. The zero-order valence-electron chi connectivity index (χ0n) is 15.5. The zero-order valence-corrected chi connectivity index (χ0v) is 15.5. The lowest BCUT2D eigenvalue weighted by molar-refractivity contribution is 0.0439. The minimum absolute atomic E-state index is 0.0144. The third-order valence-electron chi connectivity index (χ3n) is 4.14. The smallest absolute Gasteiger partial charge is 0.335 e. The molecule has 28 heavy (non-hydrogen) atoms. The van der Waals surface area contributed by atoms with Crippen LogP contribution in [0, 0.1) is 0 Å². The number of ketones is 1. The van der Waals surface area contributed by atoms with Gasteiger partial charge in [-0.3, -0.25) is 4.79 Å². The SMILES string of the molecule is COCOc1cc(OCOC)c2c(c1)OC(c1cccc(C(=O)O)c1)CC2=O. The summed E-state index contributed by atoms with van der Waals surface area (Å²) in [6.07, 6.45) is -0.565. The van der Waals surface area contributed by atoms with Crippen LogP contribution in [0.2, 0.25) is 0 Å². The van der Waals surface area contributed by atoms with Gasteiger partial charge in [0.05, 0.1) is 12.0 Å². The van der Waals surface area contributed by atoms with Crippen molar-refractivity contribution in [3.05, 3.63) is 53.1 Å². The quantitative estimate of drug-likeness (QED) is 0.689. The molecule has 1 aliphatic rings. The molecule has 0 spiro atoms. The van der Waals surface area contributed by atoms with Crippen molar-refractivity contribution in [3.63, 3.8) is 0 Å². The second kappa shape index (κ2) is 8.73. The first-order valence-corrected chi connectivity index (χ1v) is 8.48. The van der Waals surface area contributed by atoms with Crippen LogP contribution in [0.3, 0.4) is 0 Å². The van der Waals surface area contributed by atoms with Gasteiger partial charge in [0.25, 0.3) is 0 Å². The maximum absolute atomic E-state index is 12.8. The van der Waals surface area contributed by atoms with E-state index in [1.54, 1.807) is 24.3 Å². The van der Waals surface area contributed by atoms with Crippen LogP contribution in [0.1, 0.15) is 38.8 Å². The van der Waals surface area contributed by atoms with Gasteiger partial charge in [-0.25, -0.2) is 4.79 Å². The number of benzene rings is 2. The summed E-state index contributed by atoms with van der Waals surface area (Å²) in [6.45, 7) is -0.0297. The topological polar surface area (TPSA) is 101 Å². The Morgan fingerprint density at radius 3 is 2.61 bits per heavy atom. The van der Waals surface area contributed by atoms with E-state index < -0.39 is 12.1 Å². The Balaban J connectivity index is 1.96. The predicted molar refractivity (Wildman–Crippen MR) is 97.2 cm³/mol. The average molecular weight is 388 g/mol. The van der Waals surface area contributed by atoms with Gasteiger partial charge < -0.3 is 28.8 Å². The third-order valence-corrected chi connectivity index (χ3v) is 4.14. The number of carbonyl (C=O) groups excluding carboxylic acids is 1. The maximum atomic E-state index is 12.8. The van der Waals surface area contributed by atoms with E-state index in [1.807, 2.05) is 0 Å². The monoisotopic (exact) mass is 388 g/mol. The van der Waals surface area contributed by atoms with E-state index in [4.69, 9.17) is 23.7 Å². The molecular formula is C20H20O8. The van der Waals surface area contributed by atoms with Gasteiger partial charge in [0.2, 0.25) is 0 Å². The van der Waals surface area contributed by atoms with Crippen LogP contribution in [0.15, 0.2) is 36.4 Å². The van der Waals surface area contributed by atoms with Gasteiger partial charge in [-0.1, -0.05) is 12.1 Å². The molecule has 0 radical (unpaired) electrons. The lowest BCUT2D eigenvalue weighted by Gasteiger charge is -2.27. The molecule has 1 unspecified atom stereocenters. The minimum Gasteiger partial charge on any atom is -0.484 e. The van der Waals surface area contributed by atoms with E-state index >= 15 is 0 Å². The molecular weight excluding hydrogens is 368 g/mol. The van der Waals surface area contributed by atoms with E-state index in [0.717, 1.165) is 0 Å². The Bertz CT molecular complexity index is 877. The molecule has 3 rings (SSSR count). The van der Waals surface area contributed by atoms with E-state index in [0.29, 0.717) is 22.6 Å². The number of aromatic carboxylic acids is 1. The normalized spacial score (nSPS) is 15.5. The number of ether oxygens (including phenoxy) is 5. The number of fused-ring (bicyclic) bond motifs is 1. The number of carboxylic acid groups (broad SMARTS) is 1. The molecule has 1 N–H and O–H groups in total. The largest absolute Gasteiger partial charge is 0.484 e.